The summed E-state index contributed by atoms with van der Waals surface area (Å²) < 4.78 is 9.93. The fraction of sp³-hybridized carbons (Fsp3) is 0.133. The van der Waals surface area contributed by atoms with Gasteiger partial charge in [-0.2, -0.15) is 39.1 Å². The van der Waals surface area contributed by atoms with Gasteiger partial charge in [-0.15, -0.1) is 20.5 Å². The Balaban J connectivity index is 1.21. The number of hydrogen-bond acceptors (Lipinski definition) is 20. The molecule has 0 saturated carbocycles. The molecule has 54 heavy (non-hydrogen) atoms. The maximum atomic E-state index is 12.5. The van der Waals surface area contributed by atoms with Crippen LogP contribution in [0.1, 0.15) is 32.1 Å². The Bertz CT molecular complexity index is 2400. The Kier molecular flexibility index (Phi) is 9.12. The monoisotopic (exact) mass is 730 g/mol. The molecule has 0 aliphatic heterocycles. The summed E-state index contributed by atoms with van der Waals surface area (Å²) in [4.78, 5) is 50.2. The smallest absolute Gasteiger partial charge is 0.343 e. The summed E-state index contributed by atoms with van der Waals surface area (Å²) in [5.41, 5.74) is 14.0. The van der Waals surface area contributed by atoms with Crippen molar-refractivity contribution >= 4 is 46.4 Å². The molecule has 0 aliphatic carbocycles. The number of nitrogens with zero attached hydrogens (tertiary/aromatic N) is 18. The SMILES string of the molecule is COC(=O)c1cnn(-c2ncccn2)c1/N=N/c1c(C)nn(-c2cc(-n3nc(C)c(/N=N/c4c(C(=O)CO)cnn4-c4ncccn4)c3N)ncn2)c1N. The molecule has 0 fully saturated rings. The molecule has 7 aromatic rings. The number of nitrogen functional groups attached to an aromatic ring is 2. The average molecular weight is 731 g/mol. The Morgan fingerprint density at radius 1 is 0.704 bits per heavy atom. The van der Waals surface area contributed by atoms with Crippen molar-refractivity contribution in [2.45, 2.75) is 13.8 Å². The number of esters is 1. The van der Waals surface area contributed by atoms with E-state index in [4.69, 9.17) is 16.2 Å². The van der Waals surface area contributed by atoms with Crippen LogP contribution in [0.25, 0.3) is 23.5 Å². The number of hydrogen-bond donors (Lipinski definition) is 3. The molecule has 5 N–H and O–H groups in total. The lowest BCUT2D eigenvalue weighted by atomic mass is 10.2. The van der Waals surface area contributed by atoms with Gasteiger partial charge in [0.05, 0.1) is 36.5 Å². The second-order valence-corrected chi connectivity index (χ2v) is 10.9. The van der Waals surface area contributed by atoms with E-state index >= 15 is 0 Å². The van der Waals surface area contributed by atoms with Crippen molar-refractivity contribution < 1.29 is 19.4 Å². The fourth-order valence-electron chi connectivity index (χ4n) is 4.94. The topological polar surface area (TPSA) is 314 Å². The predicted molar refractivity (Wildman–Crippen MR) is 184 cm³/mol. The summed E-state index contributed by atoms with van der Waals surface area (Å²) in [6, 6.07) is 4.75. The molecule has 0 saturated heterocycles. The highest BCUT2D eigenvalue weighted by Gasteiger charge is 2.24. The summed E-state index contributed by atoms with van der Waals surface area (Å²) >= 11 is 0. The molecular formula is C30H26N20O4. The summed E-state index contributed by atoms with van der Waals surface area (Å²) in [5.74, 6) is -0.599. The molecule has 7 aromatic heterocycles. The minimum atomic E-state index is -0.782. The standard InChI is InChI=1S/C30H26N20O4/c1-15-22(41-43-26-17(19(52)13-51)11-39-49(26)29-33-6-4-7-34-29)24(31)47(45-15)20-10-21(38-14-37-20)48-25(32)23(16(2)46-48)42-44-27-18(28(53)54-3)12-40-50(27)30-35-8-5-9-36-30/h4-12,14,51H,13,31-32H2,1-3H3/b43-41+,44-42+. The van der Waals surface area contributed by atoms with E-state index in [1.807, 2.05) is 0 Å². The van der Waals surface area contributed by atoms with E-state index in [9.17, 15) is 14.7 Å². The molecule has 0 atom stereocenters. The Hall–Kier alpha value is -8.02. The van der Waals surface area contributed by atoms with Crippen LogP contribution in [0.5, 0.6) is 0 Å². The summed E-state index contributed by atoms with van der Waals surface area (Å²) in [5, 5.41) is 43.9. The molecule has 0 spiro atoms. The molecular weight excluding hydrogens is 704 g/mol. The lowest BCUT2D eigenvalue weighted by Crippen LogP contribution is -2.09. The van der Waals surface area contributed by atoms with Crippen molar-refractivity contribution in [3.63, 3.8) is 0 Å². The zero-order chi connectivity index (χ0) is 37.9. The van der Waals surface area contributed by atoms with E-state index in [2.05, 4.69) is 70.8 Å². The van der Waals surface area contributed by atoms with Gasteiger partial charge in [-0.05, 0) is 26.0 Å². The highest BCUT2D eigenvalue weighted by atomic mass is 16.5. The third-order valence-electron chi connectivity index (χ3n) is 7.51. The van der Waals surface area contributed by atoms with Crippen LogP contribution in [0.4, 0.5) is 34.6 Å². The number of aliphatic hydroxyl groups is 1. The molecule has 24 heteroatoms. The number of anilines is 2. The maximum absolute atomic E-state index is 12.5. The van der Waals surface area contributed by atoms with Crippen molar-refractivity contribution in [2.24, 2.45) is 20.5 Å². The van der Waals surface area contributed by atoms with Crippen molar-refractivity contribution in [1.29, 1.82) is 0 Å². The molecule has 7 heterocycles. The molecule has 0 aromatic carbocycles. The molecule has 0 aliphatic rings. The Morgan fingerprint density at radius 2 is 1.17 bits per heavy atom. The number of Topliss-reactive ketones (excluding diaryl/α,β-unsaturated/α-hetero) is 1. The summed E-state index contributed by atoms with van der Waals surface area (Å²) in [6.45, 7) is 2.52. The largest absolute Gasteiger partial charge is 0.465 e. The van der Waals surface area contributed by atoms with Gasteiger partial charge < -0.3 is 21.3 Å². The number of rotatable bonds is 11. The zero-order valence-corrected chi connectivity index (χ0v) is 28.4. The molecule has 0 unspecified atom stereocenters. The number of ether oxygens (including phenoxy) is 1. The first-order valence-electron chi connectivity index (χ1n) is 15.5. The van der Waals surface area contributed by atoms with E-state index in [-0.39, 0.29) is 69.3 Å². The minimum absolute atomic E-state index is 0.00419. The molecule has 0 radical (unpaired) electrons. The van der Waals surface area contributed by atoms with E-state index in [1.165, 1.54) is 75.4 Å². The molecule has 270 valence electrons. The third-order valence-corrected chi connectivity index (χ3v) is 7.51. The molecule has 7 rings (SSSR count). The normalized spacial score (nSPS) is 11.6. The number of aliphatic hydroxyl groups excluding tert-OH is 1. The van der Waals surface area contributed by atoms with Crippen LogP contribution in [-0.2, 0) is 4.74 Å². The van der Waals surface area contributed by atoms with E-state index in [1.54, 1.807) is 26.0 Å². The number of aryl methyl sites for hydroxylation is 2. The number of aromatic nitrogens is 14. The van der Waals surface area contributed by atoms with Crippen LogP contribution in [0.15, 0.2) is 82.2 Å². The number of methoxy groups -OCH3 is 1. The van der Waals surface area contributed by atoms with Gasteiger partial charge in [0.1, 0.15) is 18.5 Å². The first-order chi connectivity index (χ1) is 26.2. The number of carbonyl (C=O) groups excluding carboxylic acids is 2. The maximum Gasteiger partial charge on any atom is 0.343 e. The van der Waals surface area contributed by atoms with Crippen LogP contribution in [0, 0.1) is 13.8 Å². The molecule has 0 bridgehead atoms. The quantitative estimate of drug-likeness (QED) is 0.0977. The van der Waals surface area contributed by atoms with Gasteiger partial charge in [0.15, 0.2) is 52.1 Å². The highest BCUT2D eigenvalue weighted by Crippen LogP contribution is 2.34. The van der Waals surface area contributed by atoms with E-state index in [0.717, 1.165) is 0 Å². The minimum Gasteiger partial charge on any atom is -0.465 e. The van der Waals surface area contributed by atoms with Gasteiger partial charge in [0.2, 0.25) is 0 Å². The summed E-state index contributed by atoms with van der Waals surface area (Å²) in [6.07, 6.45) is 9.74. The molecule has 0 amide bonds. The number of azo groups is 2. The summed E-state index contributed by atoms with van der Waals surface area (Å²) in [7, 11) is 1.22. The van der Waals surface area contributed by atoms with E-state index < -0.39 is 18.4 Å². The van der Waals surface area contributed by atoms with Gasteiger partial charge in [-0.25, -0.2) is 34.7 Å². The van der Waals surface area contributed by atoms with Crippen molar-refractivity contribution in [1.82, 2.24) is 69.0 Å². The second-order valence-electron chi connectivity index (χ2n) is 10.9. The Labute approximate surface area is 302 Å². The van der Waals surface area contributed by atoms with Gasteiger partial charge in [0.25, 0.3) is 11.9 Å². The van der Waals surface area contributed by atoms with Crippen LogP contribution in [-0.4, -0.2) is 99.6 Å². The third kappa shape index (κ3) is 6.25. The number of nitrogens with two attached hydrogens (primary N) is 2. The van der Waals surface area contributed by atoms with Gasteiger partial charge in [0, 0.05) is 30.9 Å². The number of carbonyl (C=O) groups is 2. The average Bonchev–Trinajstić information content (AvgIpc) is 3.96. The van der Waals surface area contributed by atoms with Crippen LogP contribution in [0.3, 0.4) is 0 Å². The first-order valence-corrected chi connectivity index (χ1v) is 15.5. The van der Waals surface area contributed by atoms with Crippen LogP contribution in [0.2, 0.25) is 0 Å². The lowest BCUT2D eigenvalue weighted by molar-refractivity contribution is 0.0601. The molecule has 24 nitrogen and oxygen atoms in total. The predicted octanol–water partition coefficient (Wildman–Crippen LogP) is 2.37. The van der Waals surface area contributed by atoms with Gasteiger partial charge in [-0.1, -0.05) is 0 Å². The number of ketones is 1. The van der Waals surface area contributed by atoms with Crippen molar-refractivity contribution in [3.8, 4) is 23.5 Å². The van der Waals surface area contributed by atoms with Gasteiger partial charge >= 0.3 is 5.97 Å². The lowest BCUT2D eigenvalue weighted by Gasteiger charge is -2.06. The van der Waals surface area contributed by atoms with Crippen LogP contribution >= 0.6 is 0 Å². The highest BCUT2D eigenvalue weighted by molar-refractivity contribution is 6.00. The second kappa shape index (κ2) is 14.3. The van der Waals surface area contributed by atoms with Crippen molar-refractivity contribution in [2.75, 3.05) is 25.2 Å². The van der Waals surface area contributed by atoms with Crippen molar-refractivity contribution in [3.05, 3.63) is 84.2 Å². The van der Waals surface area contributed by atoms with Gasteiger partial charge in [-0.3, -0.25) is 4.79 Å². The fourth-order valence-corrected chi connectivity index (χ4v) is 4.94. The zero-order valence-electron chi connectivity index (χ0n) is 28.4. The van der Waals surface area contributed by atoms with Crippen LogP contribution < -0.4 is 11.5 Å². The Morgan fingerprint density at radius 3 is 1.63 bits per heavy atom. The first kappa shape index (κ1) is 34.4. The van der Waals surface area contributed by atoms with E-state index in [0.29, 0.717) is 11.4 Å².